The van der Waals surface area contributed by atoms with Gasteiger partial charge in [0.1, 0.15) is 11.7 Å². The van der Waals surface area contributed by atoms with Gasteiger partial charge in [-0.15, -0.1) is 11.3 Å². The normalized spacial score (nSPS) is 23.6. The number of hydrogen-bond acceptors (Lipinski definition) is 8. The van der Waals surface area contributed by atoms with Crippen molar-refractivity contribution in [2.24, 2.45) is 16.8 Å². The lowest BCUT2D eigenvalue weighted by atomic mass is 9.63. The largest absolute Gasteiger partial charge is 0.497 e. The number of esters is 2. The predicted molar refractivity (Wildman–Crippen MR) is 138 cm³/mol. The number of ether oxygens (including phenoxy) is 3. The van der Waals surface area contributed by atoms with Crippen LogP contribution in [-0.2, 0) is 23.9 Å². The van der Waals surface area contributed by atoms with Crippen LogP contribution < -0.4 is 4.74 Å². The molecule has 0 amide bonds. The highest BCUT2D eigenvalue weighted by Gasteiger charge is 2.53. The summed E-state index contributed by atoms with van der Waals surface area (Å²) < 4.78 is 16.2. The number of methoxy groups -OCH3 is 1. The first kappa shape index (κ1) is 25.8. The fourth-order valence-electron chi connectivity index (χ4n) is 5.33. The molecule has 0 spiro atoms. The quantitative estimate of drug-likeness (QED) is 0.386. The summed E-state index contributed by atoms with van der Waals surface area (Å²) >= 11 is 1.50. The molecule has 1 fully saturated rings. The Kier molecular flexibility index (Phi) is 7.73. The minimum Gasteiger partial charge on any atom is -0.497 e. The third-order valence-electron chi connectivity index (χ3n) is 6.89. The maximum absolute atomic E-state index is 14.3. The molecule has 2 aromatic rings. The standard InChI is InChI=1S/C28H31NO6S/c1-6-34-27(31)21-16(4)29-20-14-19(17-9-8-10-18(13-17)33-5)22(28(32)35-7-2)25(30)23(20)24(21)26-15(3)11-12-36-26/h8-13,19,22-24H,6-7,14H2,1-5H3/t19-,22-,23?,24+/m0/s1. The van der Waals surface area contributed by atoms with Crippen LogP contribution in [0.3, 0.4) is 0 Å². The molecule has 1 aromatic heterocycles. The third kappa shape index (κ3) is 4.62. The first-order valence-corrected chi connectivity index (χ1v) is 13.0. The van der Waals surface area contributed by atoms with Crippen LogP contribution in [0.15, 0.2) is 52.0 Å². The molecule has 36 heavy (non-hydrogen) atoms. The zero-order valence-electron chi connectivity index (χ0n) is 21.2. The SMILES string of the molecule is CCOC(=O)C1=C(C)N=C2C[C@@H](c3cccc(OC)c3)[C@H](C(=O)OCC)C(=O)C2[C@@H]1c1sccc1C. The van der Waals surface area contributed by atoms with E-state index in [0.29, 0.717) is 29.2 Å². The minimum absolute atomic E-state index is 0.166. The van der Waals surface area contributed by atoms with Crippen molar-refractivity contribution in [2.45, 2.75) is 46.0 Å². The van der Waals surface area contributed by atoms with Crippen molar-refractivity contribution < 1.29 is 28.6 Å². The van der Waals surface area contributed by atoms with Crippen molar-refractivity contribution in [3.63, 3.8) is 0 Å². The highest BCUT2D eigenvalue weighted by atomic mass is 32.1. The van der Waals surface area contributed by atoms with Gasteiger partial charge >= 0.3 is 11.9 Å². The zero-order chi connectivity index (χ0) is 26.0. The van der Waals surface area contributed by atoms with Crippen LogP contribution in [0.5, 0.6) is 5.75 Å². The van der Waals surface area contributed by atoms with Gasteiger partial charge in [0.2, 0.25) is 0 Å². The Labute approximate surface area is 215 Å². The van der Waals surface area contributed by atoms with E-state index in [-0.39, 0.29) is 19.0 Å². The maximum atomic E-state index is 14.3. The molecule has 0 saturated heterocycles. The maximum Gasteiger partial charge on any atom is 0.336 e. The summed E-state index contributed by atoms with van der Waals surface area (Å²) in [6, 6.07) is 9.38. The molecule has 7 nitrogen and oxygen atoms in total. The molecule has 1 unspecified atom stereocenters. The topological polar surface area (TPSA) is 91.3 Å². The third-order valence-corrected chi connectivity index (χ3v) is 7.99. The number of carbonyl (C=O) groups is 3. The number of carbonyl (C=O) groups excluding carboxylic acids is 3. The molecule has 8 heteroatoms. The van der Waals surface area contributed by atoms with E-state index in [1.165, 1.54) is 11.3 Å². The number of fused-ring (bicyclic) bond motifs is 1. The molecule has 0 bridgehead atoms. The molecule has 1 saturated carbocycles. The number of nitrogens with zero attached hydrogens (tertiary/aromatic N) is 1. The van der Waals surface area contributed by atoms with Crippen LogP contribution >= 0.6 is 11.3 Å². The smallest absolute Gasteiger partial charge is 0.336 e. The lowest BCUT2D eigenvalue weighted by Gasteiger charge is -2.41. The number of ketones is 1. The minimum atomic E-state index is -1.02. The van der Waals surface area contributed by atoms with E-state index in [4.69, 9.17) is 19.2 Å². The molecule has 1 aromatic carbocycles. The molecular weight excluding hydrogens is 478 g/mol. The average molecular weight is 510 g/mol. The number of Topliss-reactive ketones (excluding diaryl/α,β-unsaturated/α-hetero) is 1. The van der Waals surface area contributed by atoms with Crippen molar-refractivity contribution in [2.75, 3.05) is 20.3 Å². The number of thiophene rings is 1. The Hall–Kier alpha value is -3.26. The molecule has 1 aliphatic carbocycles. The van der Waals surface area contributed by atoms with Gasteiger partial charge in [0.15, 0.2) is 5.78 Å². The Balaban J connectivity index is 1.89. The van der Waals surface area contributed by atoms with Crippen LogP contribution in [0.4, 0.5) is 0 Å². The Morgan fingerprint density at radius 2 is 1.83 bits per heavy atom. The fraction of sp³-hybridized carbons (Fsp3) is 0.429. The highest BCUT2D eigenvalue weighted by Crippen LogP contribution is 2.50. The summed E-state index contributed by atoms with van der Waals surface area (Å²) in [5.74, 6) is -3.46. The Bertz CT molecular complexity index is 1240. The van der Waals surface area contributed by atoms with E-state index < -0.39 is 35.6 Å². The molecular formula is C28H31NO6S. The molecule has 2 heterocycles. The van der Waals surface area contributed by atoms with Crippen LogP contribution in [0.2, 0.25) is 0 Å². The molecule has 0 N–H and O–H groups in total. The summed E-state index contributed by atoms with van der Waals surface area (Å²) in [5, 5.41) is 1.95. The van der Waals surface area contributed by atoms with Gasteiger partial charge < -0.3 is 14.2 Å². The second-order valence-corrected chi connectivity index (χ2v) is 9.91. The lowest BCUT2D eigenvalue weighted by Crippen LogP contribution is -2.48. The Morgan fingerprint density at radius 1 is 1.08 bits per heavy atom. The summed E-state index contributed by atoms with van der Waals surface area (Å²) in [6.07, 6.45) is 0.390. The Morgan fingerprint density at radius 3 is 2.47 bits per heavy atom. The van der Waals surface area contributed by atoms with Gasteiger partial charge in [0, 0.05) is 28.1 Å². The van der Waals surface area contributed by atoms with Crippen molar-refractivity contribution in [1.82, 2.24) is 0 Å². The van der Waals surface area contributed by atoms with Gasteiger partial charge in [-0.1, -0.05) is 12.1 Å². The van der Waals surface area contributed by atoms with Crippen molar-refractivity contribution in [3.05, 3.63) is 63.0 Å². The van der Waals surface area contributed by atoms with Gasteiger partial charge in [-0.25, -0.2) is 4.79 Å². The fourth-order valence-corrected chi connectivity index (χ4v) is 6.40. The van der Waals surface area contributed by atoms with E-state index in [2.05, 4.69) is 0 Å². The van der Waals surface area contributed by atoms with Crippen molar-refractivity contribution in [3.8, 4) is 5.75 Å². The monoisotopic (exact) mass is 509 g/mol. The second-order valence-electron chi connectivity index (χ2n) is 8.97. The van der Waals surface area contributed by atoms with Gasteiger partial charge in [-0.2, -0.15) is 0 Å². The summed E-state index contributed by atoms with van der Waals surface area (Å²) in [5.41, 5.74) is 3.40. The second kappa shape index (κ2) is 10.8. The van der Waals surface area contributed by atoms with Crippen molar-refractivity contribution in [1.29, 1.82) is 0 Å². The van der Waals surface area contributed by atoms with E-state index in [0.717, 1.165) is 16.0 Å². The van der Waals surface area contributed by atoms with Crippen LogP contribution in [0, 0.1) is 18.8 Å². The summed E-state index contributed by atoms with van der Waals surface area (Å²) in [6.45, 7) is 7.60. The molecule has 4 atom stereocenters. The van der Waals surface area contributed by atoms with Crippen molar-refractivity contribution >= 4 is 34.8 Å². The number of allylic oxidation sites excluding steroid dienone is 1. The molecule has 1 aliphatic heterocycles. The summed E-state index contributed by atoms with van der Waals surface area (Å²) in [4.78, 5) is 46.3. The molecule has 0 radical (unpaired) electrons. The van der Waals surface area contributed by atoms with Gasteiger partial charge in [0.05, 0.1) is 31.8 Å². The average Bonchev–Trinajstić information content (AvgIpc) is 3.28. The zero-order valence-corrected chi connectivity index (χ0v) is 22.0. The predicted octanol–water partition coefficient (Wildman–Crippen LogP) is 4.99. The first-order valence-electron chi connectivity index (χ1n) is 12.2. The highest BCUT2D eigenvalue weighted by molar-refractivity contribution is 7.10. The molecule has 190 valence electrons. The number of benzene rings is 1. The van der Waals surface area contributed by atoms with Gasteiger partial charge in [0.25, 0.3) is 0 Å². The van der Waals surface area contributed by atoms with Crippen LogP contribution in [0.1, 0.15) is 55.0 Å². The van der Waals surface area contributed by atoms with E-state index in [1.807, 2.05) is 42.6 Å². The van der Waals surface area contributed by atoms with Gasteiger partial charge in [-0.05, 0) is 68.8 Å². The van der Waals surface area contributed by atoms with Crippen LogP contribution in [0.25, 0.3) is 0 Å². The lowest BCUT2D eigenvalue weighted by molar-refractivity contribution is -0.153. The number of rotatable bonds is 7. The molecule has 2 aliphatic rings. The van der Waals surface area contributed by atoms with Crippen LogP contribution in [-0.4, -0.2) is 43.8 Å². The summed E-state index contributed by atoms with van der Waals surface area (Å²) in [7, 11) is 1.58. The first-order chi connectivity index (χ1) is 17.3. The molecule has 4 rings (SSSR count). The number of aryl methyl sites for hydroxylation is 1. The van der Waals surface area contributed by atoms with Gasteiger partial charge in [-0.3, -0.25) is 14.6 Å². The number of aliphatic imine (C=N–C) groups is 1. The number of hydrogen-bond donors (Lipinski definition) is 0. The van der Waals surface area contributed by atoms with E-state index >= 15 is 0 Å². The van der Waals surface area contributed by atoms with E-state index in [1.54, 1.807) is 27.9 Å². The van der Waals surface area contributed by atoms with E-state index in [9.17, 15) is 14.4 Å².